The number of nitrogens with one attached hydrogen (secondary N) is 1. The maximum absolute atomic E-state index is 13.2. The fourth-order valence-electron chi connectivity index (χ4n) is 2.71. The number of carbonyl (C=O) groups excluding carboxylic acids is 1. The van der Waals surface area contributed by atoms with Crippen LogP contribution in [0.1, 0.15) is 16.0 Å². The van der Waals surface area contributed by atoms with Crippen LogP contribution in [0.2, 0.25) is 0 Å². The van der Waals surface area contributed by atoms with Gasteiger partial charge in [-0.15, -0.1) is 11.3 Å². The van der Waals surface area contributed by atoms with E-state index in [0.29, 0.717) is 5.69 Å². The average molecular weight is 428 g/mol. The highest BCUT2D eigenvalue weighted by Crippen LogP contribution is 2.26. The maximum atomic E-state index is 13.2. The molecule has 0 aliphatic carbocycles. The Morgan fingerprint density at radius 3 is 2.38 bits per heavy atom. The number of amides is 1. The Bertz CT molecular complexity index is 1120. The molecule has 0 saturated carbocycles. The van der Waals surface area contributed by atoms with E-state index in [9.17, 15) is 13.2 Å². The number of hydrogen-bond acceptors (Lipinski definition) is 5. The number of anilines is 1. The van der Waals surface area contributed by atoms with Gasteiger partial charge in [0.15, 0.2) is 0 Å². The van der Waals surface area contributed by atoms with Crippen molar-refractivity contribution in [3.05, 3.63) is 82.0 Å². The van der Waals surface area contributed by atoms with Gasteiger partial charge in [-0.05, 0) is 54.6 Å². The molecular weight excluding hydrogens is 406 g/mol. The number of hydrogen-bond donors (Lipinski definition) is 1. The number of rotatable bonds is 7. The molecule has 8 heteroatoms. The van der Waals surface area contributed by atoms with Gasteiger partial charge in [0.05, 0.1) is 16.8 Å². The number of sulfonamides is 1. The summed E-state index contributed by atoms with van der Waals surface area (Å²) in [5.74, 6) is -0.529. The van der Waals surface area contributed by atoms with Crippen molar-refractivity contribution in [2.45, 2.75) is 18.7 Å². The summed E-state index contributed by atoms with van der Waals surface area (Å²) in [6, 6.07) is 17.1. The average Bonchev–Trinajstić information content (AvgIpc) is 3.12. The molecule has 150 valence electrons. The first-order chi connectivity index (χ1) is 13.9. The van der Waals surface area contributed by atoms with Crippen molar-refractivity contribution in [2.24, 2.45) is 5.10 Å². The SMILES string of the molecule is Cc1ccccc1N(CC(=O)N/N=C\c1sccc1C)S(=O)(=O)c1ccccc1. The van der Waals surface area contributed by atoms with E-state index in [1.165, 1.54) is 23.5 Å². The third kappa shape index (κ3) is 4.90. The highest BCUT2D eigenvalue weighted by atomic mass is 32.2. The van der Waals surface area contributed by atoms with Gasteiger partial charge < -0.3 is 0 Å². The van der Waals surface area contributed by atoms with Crippen molar-refractivity contribution in [1.29, 1.82) is 0 Å². The first-order valence-corrected chi connectivity index (χ1v) is 11.2. The molecule has 0 spiro atoms. The lowest BCUT2D eigenvalue weighted by Gasteiger charge is -2.25. The normalized spacial score (nSPS) is 11.5. The summed E-state index contributed by atoms with van der Waals surface area (Å²) in [5.41, 5.74) is 4.68. The van der Waals surface area contributed by atoms with Crippen LogP contribution in [0, 0.1) is 13.8 Å². The van der Waals surface area contributed by atoms with Gasteiger partial charge in [0.1, 0.15) is 6.54 Å². The third-order valence-electron chi connectivity index (χ3n) is 4.28. The van der Waals surface area contributed by atoms with Crippen LogP contribution in [-0.4, -0.2) is 27.1 Å². The van der Waals surface area contributed by atoms with Gasteiger partial charge in [0, 0.05) is 4.88 Å². The lowest BCUT2D eigenvalue weighted by molar-refractivity contribution is -0.119. The summed E-state index contributed by atoms with van der Waals surface area (Å²) in [4.78, 5) is 13.5. The zero-order chi connectivity index (χ0) is 20.9. The van der Waals surface area contributed by atoms with Gasteiger partial charge in [-0.1, -0.05) is 36.4 Å². The van der Waals surface area contributed by atoms with Crippen LogP contribution in [0.3, 0.4) is 0 Å². The van der Waals surface area contributed by atoms with E-state index in [4.69, 9.17) is 0 Å². The Morgan fingerprint density at radius 1 is 1.03 bits per heavy atom. The van der Waals surface area contributed by atoms with Crippen molar-refractivity contribution < 1.29 is 13.2 Å². The Kier molecular flexibility index (Phi) is 6.46. The minimum atomic E-state index is -3.92. The lowest BCUT2D eigenvalue weighted by atomic mass is 10.2. The van der Waals surface area contributed by atoms with Gasteiger partial charge >= 0.3 is 0 Å². The summed E-state index contributed by atoms with van der Waals surface area (Å²) >= 11 is 1.51. The molecule has 3 aromatic rings. The van der Waals surface area contributed by atoms with Crippen LogP contribution < -0.4 is 9.73 Å². The fourth-order valence-corrected chi connectivity index (χ4v) is 5.00. The molecule has 2 aromatic carbocycles. The van der Waals surface area contributed by atoms with E-state index in [0.717, 1.165) is 20.3 Å². The lowest BCUT2D eigenvalue weighted by Crippen LogP contribution is -2.40. The second-order valence-corrected chi connectivity index (χ2v) is 9.18. The second-order valence-electron chi connectivity index (χ2n) is 6.37. The van der Waals surface area contributed by atoms with Gasteiger partial charge in [0.2, 0.25) is 0 Å². The Morgan fingerprint density at radius 2 is 1.72 bits per heavy atom. The number of para-hydroxylation sites is 1. The number of nitrogens with zero attached hydrogens (tertiary/aromatic N) is 2. The second kappa shape index (κ2) is 9.02. The molecule has 1 amide bonds. The summed E-state index contributed by atoms with van der Waals surface area (Å²) in [5, 5.41) is 5.90. The molecule has 1 N–H and O–H groups in total. The van der Waals surface area contributed by atoms with Crippen LogP contribution in [0.5, 0.6) is 0 Å². The van der Waals surface area contributed by atoms with Crippen LogP contribution in [-0.2, 0) is 14.8 Å². The quantitative estimate of drug-likeness (QED) is 0.461. The monoisotopic (exact) mass is 427 g/mol. The first-order valence-electron chi connectivity index (χ1n) is 8.89. The zero-order valence-electron chi connectivity index (χ0n) is 16.1. The maximum Gasteiger partial charge on any atom is 0.264 e. The van der Waals surface area contributed by atoms with E-state index in [1.54, 1.807) is 49.5 Å². The van der Waals surface area contributed by atoms with Crippen LogP contribution >= 0.6 is 11.3 Å². The Labute approximate surface area is 174 Å². The van der Waals surface area contributed by atoms with Crippen molar-refractivity contribution in [3.63, 3.8) is 0 Å². The predicted octanol–water partition coefficient (Wildman–Crippen LogP) is 3.71. The molecule has 0 aliphatic rings. The van der Waals surface area contributed by atoms with Gasteiger partial charge in [-0.3, -0.25) is 9.10 Å². The topological polar surface area (TPSA) is 78.8 Å². The molecule has 0 aliphatic heterocycles. The number of benzene rings is 2. The minimum Gasteiger partial charge on any atom is -0.271 e. The smallest absolute Gasteiger partial charge is 0.264 e. The fraction of sp³-hybridized carbons (Fsp3) is 0.143. The number of hydrazone groups is 1. The number of thiophene rings is 1. The van der Waals surface area contributed by atoms with Gasteiger partial charge in [0.25, 0.3) is 15.9 Å². The summed E-state index contributed by atoms with van der Waals surface area (Å²) in [6.07, 6.45) is 1.56. The molecule has 0 unspecified atom stereocenters. The highest BCUT2D eigenvalue weighted by Gasteiger charge is 2.27. The molecule has 0 fully saturated rings. The molecule has 1 aromatic heterocycles. The standard InChI is InChI=1S/C21H21N3O3S2/c1-16-8-6-7-11-19(16)24(29(26,27)18-9-4-3-5-10-18)15-21(25)23-22-14-20-17(2)12-13-28-20/h3-14H,15H2,1-2H3,(H,23,25)/b22-14-. The van der Waals surface area contributed by atoms with Crippen LogP contribution in [0.15, 0.2) is 76.0 Å². The van der Waals surface area contributed by atoms with Crippen LogP contribution in [0.25, 0.3) is 0 Å². The molecule has 3 rings (SSSR count). The molecule has 1 heterocycles. The van der Waals surface area contributed by atoms with E-state index in [1.807, 2.05) is 24.4 Å². The zero-order valence-corrected chi connectivity index (χ0v) is 17.7. The van der Waals surface area contributed by atoms with E-state index < -0.39 is 15.9 Å². The molecular formula is C21H21N3O3S2. The molecule has 0 radical (unpaired) electrons. The largest absolute Gasteiger partial charge is 0.271 e. The highest BCUT2D eigenvalue weighted by molar-refractivity contribution is 7.92. The third-order valence-corrected chi connectivity index (χ3v) is 7.00. The molecule has 6 nitrogen and oxygen atoms in total. The molecule has 0 saturated heterocycles. The number of aryl methyl sites for hydroxylation is 2. The van der Waals surface area contributed by atoms with Crippen LogP contribution in [0.4, 0.5) is 5.69 Å². The molecule has 0 bridgehead atoms. The Hall–Kier alpha value is -2.97. The number of carbonyl (C=O) groups is 1. The summed E-state index contributed by atoms with van der Waals surface area (Å²) in [6.45, 7) is 3.37. The van der Waals surface area contributed by atoms with Gasteiger partial charge in [-0.25, -0.2) is 13.8 Å². The molecule has 0 atom stereocenters. The Balaban J connectivity index is 1.86. The van der Waals surface area contributed by atoms with Crippen molar-refractivity contribution in [3.8, 4) is 0 Å². The minimum absolute atomic E-state index is 0.119. The van der Waals surface area contributed by atoms with E-state index in [-0.39, 0.29) is 11.4 Å². The summed E-state index contributed by atoms with van der Waals surface area (Å²) < 4.78 is 27.6. The van der Waals surface area contributed by atoms with E-state index >= 15 is 0 Å². The molecule has 29 heavy (non-hydrogen) atoms. The van der Waals surface area contributed by atoms with Crippen molar-refractivity contribution >= 4 is 39.2 Å². The van der Waals surface area contributed by atoms with E-state index in [2.05, 4.69) is 10.5 Å². The van der Waals surface area contributed by atoms with Crippen molar-refractivity contribution in [2.75, 3.05) is 10.8 Å². The van der Waals surface area contributed by atoms with Gasteiger partial charge in [-0.2, -0.15) is 5.10 Å². The summed E-state index contributed by atoms with van der Waals surface area (Å²) in [7, 11) is -3.92. The first kappa shape index (κ1) is 20.8. The van der Waals surface area contributed by atoms with Crippen molar-refractivity contribution in [1.82, 2.24) is 5.43 Å². The predicted molar refractivity (Wildman–Crippen MR) is 117 cm³/mol.